The number of carbonyl (C=O) groups excluding carboxylic acids is 1. The highest BCUT2D eigenvalue weighted by atomic mass is 16.4. The SMILES string of the molecule is O=C(O)[C@H]1C[C@@H](O)CN1C(=O)NC1CC=CCC1. The van der Waals surface area contributed by atoms with E-state index in [0.29, 0.717) is 0 Å². The monoisotopic (exact) mass is 254 g/mol. The first-order valence-corrected chi connectivity index (χ1v) is 6.21. The van der Waals surface area contributed by atoms with Crippen LogP contribution in [0.25, 0.3) is 0 Å². The molecule has 0 aromatic heterocycles. The second-order valence-corrected chi connectivity index (χ2v) is 4.83. The number of carboxylic acid groups (broad SMARTS) is 1. The van der Waals surface area contributed by atoms with E-state index in [2.05, 4.69) is 11.4 Å². The number of likely N-dealkylation sites (tertiary alicyclic amines) is 1. The number of carbonyl (C=O) groups is 2. The smallest absolute Gasteiger partial charge is 0.326 e. The van der Waals surface area contributed by atoms with Gasteiger partial charge < -0.3 is 20.4 Å². The van der Waals surface area contributed by atoms with Crippen molar-refractivity contribution < 1.29 is 19.8 Å². The van der Waals surface area contributed by atoms with Gasteiger partial charge in [0.25, 0.3) is 0 Å². The molecule has 2 aliphatic rings. The van der Waals surface area contributed by atoms with Crippen molar-refractivity contribution in [2.45, 2.75) is 43.9 Å². The number of rotatable bonds is 2. The van der Waals surface area contributed by atoms with Crippen LogP contribution in [0.5, 0.6) is 0 Å². The fourth-order valence-electron chi connectivity index (χ4n) is 2.45. The lowest BCUT2D eigenvalue weighted by Crippen LogP contribution is -2.49. The summed E-state index contributed by atoms with van der Waals surface area (Å²) in [6.07, 6.45) is 6.02. The minimum Gasteiger partial charge on any atom is -0.480 e. The highest BCUT2D eigenvalue weighted by molar-refractivity contribution is 5.83. The summed E-state index contributed by atoms with van der Waals surface area (Å²) >= 11 is 0. The molecule has 18 heavy (non-hydrogen) atoms. The topological polar surface area (TPSA) is 89.9 Å². The fourth-order valence-corrected chi connectivity index (χ4v) is 2.45. The van der Waals surface area contributed by atoms with Gasteiger partial charge in [-0.05, 0) is 19.3 Å². The van der Waals surface area contributed by atoms with Crippen LogP contribution in [0, 0.1) is 0 Å². The number of aliphatic hydroxyl groups excluding tert-OH is 1. The molecule has 0 bridgehead atoms. The van der Waals surface area contributed by atoms with Crippen LogP contribution >= 0.6 is 0 Å². The molecule has 1 heterocycles. The third kappa shape index (κ3) is 2.81. The zero-order valence-corrected chi connectivity index (χ0v) is 10.1. The van der Waals surface area contributed by atoms with Crippen LogP contribution in [0.1, 0.15) is 25.7 Å². The summed E-state index contributed by atoms with van der Waals surface area (Å²) in [4.78, 5) is 24.2. The Hall–Kier alpha value is -1.56. The first-order chi connectivity index (χ1) is 8.58. The van der Waals surface area contributed by atoms with Crippen LogP contribution in [0.15, 0.2) is 12.2 Å². The van der Waals surface area contributed by atoms with Gasteiger partial charge in [0.05, 0.1) is 6.10 Å². The lowest BCUT2D eigenvalue weighted by molar-refractivity contribution is -0.141. The highest BCUT2D eigenvalue weighted by Crippen LogP contribution is 2.19. The van der Waals surface area contributed by atoms with Gasteiger partial charge >= 0.3 is 12.0 Å². The normalized spacial score (nSPS) is 31.4. The minimum atomic E-state index is -1.06. The third-order valence-corrected chi connectivity index (χ3v) is 3.42. The third-order valence-electron chi connectivity index (χ3n) is 3.42. The van der Waals surface area contributed by atoms with Crippen LogP contribution in [0.4, 0.5) is 4.79 Å². The number of aliphatic hydroxyl groups is 1. The van der Waals surface area contributed by atoms with E-state index in [4.69, 9.17) is 5.11 Å². The number of carboxylic acids is 1. The Morgan fingerprint density at radius 2 is 2.11 bits per heavy atom. The number of amides is 2. The maximum absolute atomic E-state index is 12.0. The van der Waals surface area contributed by atoms with E-state index in [9.17, 15) is 14.7 Å². The van der Waals surface area contributed by atoms with E-state index >= 15 is 0 Å². The van der Waals surface area contributed by atoms with Crippen LogP contribution in [0.3, 0.4) is 0 Å². The summed E-state index contributed by atoms with van der Waals surface area (Å²) in [6, 6.07) is -1.24. The van der Waals surface area contributed by atoms with E-state index in [-0.39, 0.29) is 25.0 Å². The molecule has 2 rings (SSSR count). The maximum atomic E-state index is 12.0. The van der Waals surface area contributed by atoms with Crippen LogP contribution in [-0.2, 0) is 4.79 Å². The predicted molar refractivity (Wildman–Crippen MR) is 64.1 cm³/mol. The van der Waals surface area contributed by atoms with Gasteiger partial charge in [-0.15, -0.1) is 0 Å². The molecule has 0 spiro atoms. The predicted octanol–water partition coefficient (Wildman–Crippen LogP) is 0.325. The molecule has 2 amide bonds. The van der Waals surface area contributed by atoms with Gasteiger partial charge in [-0.3, -0.25) is 0 Å². The van der Waals surface area contributed by atoms with Gasteiger partial charge in [0, 0.05) is 19.0 Å². The first kappa shape index (κ1) is 12.9. The van der Waals surface area contributed by atoms with Crippen molar-refractivity contribution in [3.8, 4) is 0 Å². The van der Waals surface area contributed by atoms with Crippen LogP contribution in [0.2, 0.25) is 0 Å². The van der Waals surface area contributed by atoms with E-state index in [1.807, 2.05) is 6.08 Å². The molecule has 1 aliphatic heterocycles. The summed E-state index contributed by atoms with van der Waals surface area (Å²) in [6.45, 7) is 0.0887. The number of hydrogen-bond donors (Lipinski definition) is 3. The molecule has 0 saturated carbocycles. The Kier molecular flexibility index (Phi) is 3.86. The van der Waals surface area contributed by atoms with Crippen molar-refractivity contribution in [1.82, 2.24) is 10.2 Å². The number of urea groups is 1. The molecule has 3 N–H and O–H groups in total. The van der Waals surface area contributed by atoms with E-state index in [0.717, 1.165) is 19.3 Å². The Morgan fingerprint density at radius 3 is 2.72 bits per heavy atom. The first-order valence-electron chi connectivity index (χ1n) is 6.21. The second kappa shape index (κ2) is 5.39. The molecule has 1 saturated heterocycles. The number of hydrogen-bond acceptors (Lipinski definition) is 3. The second-order valence-electron chi connectivity index (χ2n) is 4.83. The average molecular weight is 254 g/mol. The lowest BCUT2D eigenvalue weighted by atomic mass is 10.0. The van der Waals surface area contributed by atoms with Gasteiger partial charge in [0.1, 0.15) is 6.04 Å². The van der Waals surface area contributed by atoms with Gasteiger partial charge in [0.2, 0.25) is 0 Å². The zero-order chi connectivity index (χ0) is 13.1. The molecule has 6 heteroatoms. The standard InChI is InChI=1S/C12H18N2O4/c15-9-6-10(11(16)17)14(7-9)12(18)13-8-4-2-1-3-5-8/h1-2,8-10,15H,3-7H2,(H,13,18)(H,16,17)/t8?,9-,10-/m1/s1. The molecule has 3 atom stereocenters. The van der Waals surface area contributed by atoms with Gasteiger partial charge in [0.15, 0.2) is 0 Å². The molecule has 1 unspecified atom stereocenters. The molecule has 6 nitrogen and oxygen atoms in total. The Morgan fingerprint density at radius 1 is 1.33 bits per heavy atom. The molecule has 0 aromatic carbocycles. The van der Waals surface area contributed by atoms with Crippen molar-refractivity contribution in [1.29, 1.82) is 0 Å². The number of nitrogens with zero attached hydrogens (tertiary/aromatic N) is 1. The number of nitrogens with one attached hydrogen (secondary N) is 1. The Balaban J connectivity index is 1.95. The van der Waals surface area contributed by atoms with Gasteiger partial charge in [-0.1, -0.05) is 12.2 Å². The maximum Gasteiger partial charge on any atom is 0.326 e. The molecule has 1 aliphatic carbocycles. The van der Waals surface area contributed by atoms with E-state index < -0.39 is 18.1 Å². The lowest BCUT2D eigenvalue weighted by Gasteiger charge is -2.26. The van der Waals surface area contributed by atoms with Crippen molar-refractivity contribution in [3.05, 3.63) is 12.2 Å². The number of allylic oxidation sites excluding steroid dienone is 1. The van der Waals surface area contributed by atoms with Gasteiger partial charge in [-0.25, -0.2) is 9.59 Å². The molecular formula is C12H18N2O4. The number of aliphatic carboxylic acids is 1. The van der Waals surface area contributed by atoms with Crippen LogP contribution in [-0.4, -0.2) is 51.8 Å². The van der Waals surface area contributed by atoms with E-state index in [1.54, 1.807) is 0 Å². The Bertz CT molecular complexity index is 369. The highest BCUT2D eigenvalue weighted by Gasteiger charge is 2.39. The van der Waals surface area contributed by atoms with Crippen molar-refractivity contribution in [2.24, 2.45) is 0 Å². The zero-order valence-electron chi connectivity index (χ0n) is 10.1. The van der Waals surface area contributed by atoms with Gasteiger partial charge in [-0.2, -0.15) is 0 Å². The molecule has 0 radical (unpaired) electrons. The summed E-state index contributed by atoms with van der Waals surface area (Å²) in [7, 11) is 0. The van der Waals surface area contributed by atoms with Crippen molar-refractivity contribution >= 4 is 12.0 Å². The molecular weight excluding hydrogens is 236 g/mol. The number of β-amino-alcohol motifs (C(OH)–C–C–N with tert-alkyl or cyclic N) is 1. The minimum absolute atomic E-state index is 0.0645. The van der Waals surface area contributed by atoms with E-state index in [1.165, 1.54) is 4.90 Å². The summed E-state index contributed by atoms with van der Waals surface area (Å²) in [5, 5.41) is 21.3. The van der Waals surface area contributed by atoms with Crippen LogP contribution < -0.4 is 5.32 Å². The Labute approximate surface area is 105 Å². The van der Waals surface area contributed by atoms with Crippen molar-refractivity contribution in [3.63, 3.8) is 0 Å². The summed E-state index contributed by atoms with van der Waals surface area (Å²) < 4.78 is 0. The molecule has 0 aromatic rings. The summed E-state index contributed by atoms with van der Waals surface area (Å²) in [5.74, 6) is -1.06. The largest absolute Gasteiger partial charge is 0.480 e. The molecule has 1 fully saturated rings. The quantitative estimate of drug-likeness (QED) is 0.619. The molecule has 100 valence electrons. The van der Waals surface area contributed by atoms with Crippen molar-refractivity contribution in [2.75, 3.05) is 6.54 Å². The fraction of sp³-hybridized carbons (Fsp3) is 0.667. The summed E-state index contributed by atoms with van der Waals surface area (Å²) in [5.41, 5.74) is 0. The average Bonchev–Trinajstić information content (AvgIpc) is 2.73.